The van der Waals surface area contributed by atoms with Crippen LogP contribution in [-0.2, 0) is 18.4 Å². The quantitative estimate of drug-likeness (QED) is 0.549. The van der Waals surface area contributed by atoms with Crippen molar-refractivity contribution in [3.8, 4) is 5.75 Å². The first-order valence-electron chi connectivity index (χ1n) is 11.6. The van der Waals surface area contributed by atoms with E-state index in [1.54, 1.807) is 7.11 Å². The number of aliphatic imine (C=N–C) groups is 1. The van der Waals surface area contributed by atoms with Crippen molar-refractivity contribution in [1.82, 2.24) is 25.4 Å². The van der Waals surface area contributed by atoms with Crippen molar-refractivity contribution < 1.29 is 4.74 Å². The van der Waals surface area contributed by atoms with E-state index in [0.29, 0.717) is 12.0 Å². The number of aromatic nitrogens is 3. The Balaban J connectivity index is 1.40. The molecule has 1 aliphatic heterocycles. The average molecular weight is 425 g/mol. The number of methoxy groups -OCH3 is 1. The molecular weight excluding hydrogens is 388 g/mol. The van der Waals surface area contributed by atoms with Gasteiger partial charge in [-0.05, 0) is 37.0 Å². The Hall–Kier alpha value is -2.57. The Morgan fingerprint density at radius 1 is 1.32 bits per heavy atom. The molecule has 4 rings (SSSR count). The van der Waals surface area contributed by atoms with E-state index in [0.717, 1.165) is 49.3 Å². The summed E-state index contributed by atoms with van der Waals surface area (Å²) < 4.78 is 7.55. The van der Waals surface area contributed by atoms with Crippen molar-refractivity contribution >= 4 is 5.96 Å². The van der Waals surface area contributed by atoms with Gasteiger partial charge in [0.05, 0.1) is 13.7 Å². The van der Waals surface area contributed by atoms with Gasteiger partial charge in [0, 0.05) is 37.4 Å². The van der Waals surface area contributed by atoms with Crippen molar-refractivity contribution in [3.05, 3.63) is 41.5 Å². The number of benzene rings is 1. The molecule has 168 valence electrons. The summed E-state index contributed by atoms with van der Waals surface area (Å²) >= 11 is 0. The third kappa shape index (κ3) is 4.70. The molecule has 2 N–H and O–H groups in total. The van der Waals surface area contributed by atoms with Crippen LogP contribution in [0.4, 0.5) is 0 Å². The number of rotatable bonds is 6. The molecule has 1 aromatic heterocycles. The molecule has 2 aliphatic rings. The highest BCUT2D eigenvalue weighted by molar-refractivity contribution is 5.80. The van der Waals surface area contributed by atoms with E-state index in [4.69, 9.17) is 14.8 Å². The van der Waals surface area contributed by atoms with Gasteiger partial charge >= 0.3 is 0 Å². The minimum absolute atomic E-state index is 0.129. The van der Waals surface area contributed by atoms with Gasteiger partial charge in [-0.1, -0.05) is 38.8 Å². The Kier molecular flexibility index (Phi) is 6.49. The lowest BCUT2D eigenvalue weighted by atomic mass is 9.78. The first kappa shape index (κ1) is 21.7. The molecule has 1 saturated carbocycles. The smallest absolute Gasteiger partial charge is 0.191 e. The second-order valence-electron chi connectivity index (χ2n) is 9.25. The second kappa shape index (κ2) is 9.28. The fourth-order valence-corrected chi connectivity index (χ4v) is 4.90. The van der Waals surface area contributed by atoms with Crippen LogP contribution in [0.3, 0.4) is 0 Å². The highest BCUT2D eigenvalue weighted by Gasteiger charge is 2.36. The molecule has 31 heavy (non-hydrogen) atoms. The molecule has 1 aromatic carbocycles. The lowest BCUT2D eigenvalue weighted by Gasteiger charge is -2.32. The highest BCUT2D eigenvalue weighted by atomic mass is 16.5. The van der Waals surface area contributed by atoms with Gasteiger partial charge in [-0.2, -0.15) is 5.10 Å². The normalized spacial score (nSPS) is 20.5. The summed E-state index contributed by atoms with van der Waals surface area (Å²) in [6.45, 7) is 5.99. The SMILES string of the molecule is CN=C(NCC1(c2cccc(OC)c2)CCCC1)NC1CCc2nc(C(C)C)nn2C1. The predicted octanol–water partition coefficient (Wildman–Crippen LogP) is 3.40. The maximum absolute atomic E-state index is 5.48. The van der Waals surface area contributed by atoms with E-state index in [9.17, 15) is 0 Å². The van der Waals surface area contributed by atoms with Crippen LogP contribution in [0.25, 0.3) is 0 Å². The Labute approximate surface area is 185 Å². The molecule has 0 spiro atoms. The second-order valence-corrected chi connectivity index (χ2v) is 9.25. The number of guanidine groups is 1. The molecule has 0 bridgehead atoms. The van der Waals surface area contributed by atoms with Gasteiger partial charge in [-0.15, -0.1) is 0 Å². The lowest BCUT2D eigenvalue weighted by Crippen LogP contribution is -2.50. The van der Waals surface area contributed by atoms with Crippen LogP contribution in [0.15, 0.2) is 29.3 Å². The molecule has 1 aliphatic carbocycles. The van der Waals surface area contributed by atoms with Crippen molar-refractivity contribution in [2.75, 3.05) is 20.7 Å². The molecule has 0 saturated heterocycles. The standard InChI is InChI=1S/C24H36N6O/c1-17(2)22-28-21-11-10-19(15-30(21)29-22)27-23(25-3)26-16-24(12-5-6-13-24)18-8-7-9-20(14-18)31-4/h7-9,14,17,19H,5-6,10-13,15-16H2,1-4H3,(H2,25,26,27). The van der Waals surface area contributed by atoms with E-state index in [2.05, 4.69) is 52.4 Å². The molecule has 7 nitrogen and oxygen atoms in total. The number of hydrogen-bond acceptors (Lipinski definition) is 4. The van der Waals surface area contributed by atoms with Gasteiger partial charge in [-0.3, -0.25) is 4.99 Å². The predicted molar refractivity (Wildman–Crippen MR) is 124 cm³/mol. The van der Waals surface area contributed by atoms with Gasteiger partial charge in [-0.25, -0.2) is 9.67 Å². The van der Waals surface area contributed by atoms with Crippen LogP contribution in [0.1, 0.15) is 69.1 Å². The summed E-state index contributed by atoms with van der Waals surface area (Å²) in [5, 5.41) is 12.0. The van der Waals surface area contributed by atoms with E-state index >= 15 is 0 Å². The number of aryl methyl sites for hydroxylation is 1. The van der Waals surface area contributed by atoms with E-state index in [-0.39, 0.29) is 5.41 Å². The number of ether oxygens (including phenoxy) is 1. The summed E-state index contributed by atoms with van der Waals surface area (Å²) in [5.41, 5.74) is 1.49. The molecule has 2 aromatic rings. The zero-order valence-electron chi connectivity index (χ0n) is 19.3. The maximum Gasteiger partial charge on any atom is 0.191 e. The fourth-order valence-electron chi connectivity index (χ4n) is 4.90. The number of fused-ring (bicyclic) bond motifs is 1. The summed E-state index contributed by atoms with van der Waals surface area (Å²) in [4.78, 5) is 9.21. The fraction of sp³-hybridized carbons (Fsp3) is 0.625. The molecule has 2 heterocycles. The van der Waals surface area contributed by atoms with Crippen LogP contribution >= 0.6 is 0 Å². The van der Waals surface area contributed by atoms with E-state index in [1.165, 1.54) is 31.2 Å². The van der Waals surface area contributed by atoms with Crippen LogP contribution in [0.5, 0.6) is 5.75 Å². The van der Waals surface area contributed by atoms with Crippen molar-refractivity contribution in [3.63, 3.8) is 0 Å². The zero-order chi connectivity index (χ0) is 21.8. The Bertz CT molecular complexity index is 913. The molecule has 1 unspecified atom stereocenters. The van der Waals surface area contributed by atoms with Crippen LogP contribution in [0, 0.1) is 0 Å². The lowest BCUT2D eigenvalue weighted by molar-refractivity contribution is 0.385. The molecule has 1 fully saturated rings. The van der Waals surface area contributed by atoms with Crippen molar-refractivity contribution in [2.45, 2.75) is 76.3 Å². The summed E-state index contributed by atoms with van der Waals surface area (Å²) in [5.74, 6) is 4.20. The van der Waals surface area contributed by atoms with Crippen molar-refractivity contribution in [2.24, 2.45) is 4.99 Å². The Morgan fingerprint density at radius 2 is 2.13 bits per heavy atom. The van der Waals surface area contributed by atoms with Crippen LogP contribution in [0.2, 0.25) is 0 Å². The zero-order valence-corrected chi connectivity index (χ0v) is 19.3. The Morgan fingerprint density at radius 3 is 2.84 bits per heavy atom. The van der Waals surface area contributed by atoms with Gasteiger partial charge < -0.3 is 15.4 Å². The van der Waals surface area contributed by atoms with Gasteiger partial charge in [0.1, 0.15) is 11.6 Å². The number of nitrogens with zero attached hydrogens (tertiary/aromatic N) is 4. The van der Waals surface area contributed by atoms with Crippen LogP contribution in [-0.4, -0.2) is 47.5 Å². The minimum Gasteiger partial charge on any atom is -0.497 e. The monoisotopic (exact) mass is 424 g/mol. The first-order chi connectivity index (χ1) is 15.0. The molecule has 0 radical (unpaired) electrons. The van der Waals surface area contributed by atoms with Gasteiger partial charge in [0.15, 0.2) is 11.8 Å². The summed E-state index contributed by atoms with van der Waals surface area (Å²) in [6.07, 6.45) is 6.89. The first-order valence-corrected chi connectivity index (χ1v) is 11.6. The molecule has 1 atom stereocenters. The topological polar surface area (TPSA) is 76.4 Å². The largest absolute Gasteiger partial charge is 0.497 e. The number of hydrogen-bond donors (Lipinski definition) is 2. The minimum atomic E-state index is 0.129. The molecule has 0 amide bonds. The third-order valence-corrected chi connectivity index (χ3v) is 6.79. The number of nitrogens with one attached hydrogen (secondary N) is 2. The van der Waals surface area contributed by atoms with E-state index in [1.807, 2.05) is 13.1 Å². The molecule has 7 heteroatoms. The van der Waals surface area contributed by atoms with Crippen molar-refractivity contribution in [1.29, 1.82) is 0 Å². The van der Waals surface area contributed by atoms with Crippen LogP contribution < -0.4 is 15.4 Å². The average Bonchev–Trinajstić information content (AvgIpc) is 3.44. The van der Waals surface area contributed by atoms with Gasteiger partial charge in [0.2, 0.25) is 0 Å². The highest BCUT2D eigenvalue weighted by Crippen LogP contribution is 2.41. The molecular formula is C24H36N6O. The van der Waals surface area contributed by atoms with E-state index < -0.39 is 0 Å². The summed E-state index contributed by atoms with van der Waals surface area (Å²) in [6, 6.07) is 8.86. The van der Waals surface area contributed by atoms with Gasteiger partial charge in [0.25, 0.3) is 0 Å². The summed E-state index contributed by atoms with van der Waals surface area (Å²) in [7, 11) is 3.59. The maximum atomic E-state index is 5.48. The third-order valence-electron chi connectivity index (χ3n) is 6.79.